The second-order valence-electron chi connectivity index (χ2n) is 6.97. The summed E-state index contributed by atoms with van der Waals surface area (Å²) in [7, 11) is 0. The molecule has 0 saturated carbocycles. The van der Waals surface area contributed by atoms with Gasteiger partial charge in [0.1, 0.15) is 6.10 Å². The van der Waals surface area contributed by atoms with E-state index in [1.807, 2.05) is 0 Å². The number of carboxylic acid groups (broad SMARTS) is 1. The van der Waals surface area contributed by atoms with Crippen LogP contribution in [0.3, 0.4) is 0 Å². The first-order valence-corrected chi connectivity index (χ1v) is 7.71. The van der Waals surface area contributed by atoms with Crippen LogP contribution in [-0.2, 0) is 14.3 Å². The van der Waals surface area contributed by atoms with Crippen molar-refractivity contribution in [1.82, 2.24) is 10.2 Å². The number of ether oxygens (including phenoxy) is 1. The average molecular weight is 298 g/mol. The summed E-state index contributed by atoms with van der Waals surface area (Å²) in [6.45, 7) is 8.54. The molecule has 2 N–H and O–H groups in total. The Hall–Kier alpha value is -1.14. The lowest BCUT2D eigenvalue weighted by molar-refractivity contribution is -0.152. The molecule has 2 fully saturated rings. The number of aliphatic carboxylic acids is 1. The quantitative estimate of drug-likeness (QED) is 0.812. The van der Waals surface area contributed by atoms with Crippen molar-refractivity contribution in [2.75, 3.05) is 13.1 Å². The van der Waals surface area contributed by atoms with E-state index in [0.717, 1.165) is 25.9 Å². The second kappa shape index (κ2) is 6.32. The lowest BCUT2D eigenvalue weighted by atomic mass is 9.98. The first-order chi connectivity index (χ1) is 9.77. The van der Waals surface area contributed by atoms with Crippen LogP contribution in [0.1, 0.15) is 46.5 Å². The minimum absolute atomic E-state index is 0.159. The molecular weight excluding hydrogens is 272 g/mol. The maximum atomic E-state index is 12.1. The Balaban J connectivity index is 1.76. The maximum absolute atomic E-state index is 12.1. The molecule has 0 unspecified atom stereocenters. The number of nitrogens with one attached hydrogen (secondary N) is 1. The van der Waals surface area contributed by atoms with E-state index in [4.69, 9.17) is 9.84 Å². The fourth-order valence-electron chi connectivity index (χ4n) is 3.00. The van der Waals surface area contributed by atoms with Gasteiger partial charge in [-0.3, -0.25) is 9.69 Å². The van der Waals surface area contributed by atoms with E-state index in [2.05, 4.69) is 31.0 Å². The Bertz CT molecular complexity index is 397. The number of hydrogen-bond acceptors (Lipinski definition) is 4. The Morgan fingerprint density at radius 3 is 2.14 bits per heavy atom. The fourth-order valence-corrected chi connectivity index (χ4v) is 3.00. The zero-order chi connectivity index (χ0) is 15.6. The molecule has 2 heterocycles. The van der Waals surface area contributed by atoms with Gasteiger partial charge in [0.2, 0.25) is 5.91 Å². The molecule has 2 atom stereocenters. The molecule has 0 aromatic carbocycles. The van der Waals surface area contributed by atoms with Crippen molar-refractivity contribution in [3.05, 3.63) is 0 Å². The van der Waals surface area contributed by atoms with E-state index >= 15 is 0 Å². The fraction of sp³-hybridized carbons (Fsp3) is 0.867. The molecule has 2 aliphatic heterocycles. The predicted molar refractivity (Wildman–Crippen MR) is 78.0 cm³/mol. The largest absolute Gasteiger partial charge is 0.479 e. The van der Waals surface area contributed by atoms with Crippen molar-refractivity contribution in [2.24, 2.45) is 0 Å². The number of nitrogens with zero attached hydrogens (tertiary/aromatic N) is 1. The highest BCUT2D eigenvalue weighted by Gasteiger charge is 2.36. The molecule has 2 saturated heterocycles. The Labute approximate surface area is 125 Å². The zero-order valence-electron chi connectivity index (χ0n) is 13.1. The van der Waals surface area contributed by atoms with E-state index in [1.165, 1.54) is 0 Å². The molecule has 0 radical (unpaired) electrons. The van der Waals surface area contributed by atoms with Gasteiger partial charge in [-0.15, -0.1) is 0 Å². The van der Waals surface area contributed by atoms with Gasteiger partial charge >= 0.3 is 5.97 Å². The Morgan fingerprint density at radius 2 is 1.67 bits per heavy atom. The number of hydrogen-bond donors (Lipinski definition) is 2. The number of piperidine rings is 1. The molecule has 0 aromatic rings. The molecule has 6 nitrogen and oxygen atoms in total. The summed E-state index contributed by atoms with van der Waals surface area (Å²) in [5, 5.41) is 11.9. The van der Waals surface area contributed by atoms with Crippen LogP contribution in [0.2, 0.25) is 0 Å². The van der Waals surface area contributed by atoms with Crippen molar-refractivity contribution < 1.29 is 19.4 Å². The van der Waals surface area contributed by atoms with Crippen LogP contribution in [0.5, 0.6) is 0 Å². The highest BCUT2D eigenvalue weighted by Crippen LogP contribution is 2.22. The van der Waals surface area contributed by atoms with Gasteiger partial charge in [-0.25, -0.2) is 4.79 Å². The van der Waals surface area contributed by atoms with Gasteiger partial charge in [-0.1, -0.05) is 0 Å². The van der Waals surface area contributed by atoms with Gasteiger partial charge in [0, 0.05) is 24.7 Å². The SMILES string of the molecule is CC(C)(C)N1CCC(NC(=O)[C@@H]2CC[C@H](C(=O)O)O2)CC1. The number of carbonyl (C=O) groups excluding carboxylic acids is 1. The molecule has 0 bridgehead atoms. The third-order valence-electron chi connectivity index (χ3n) is 4.38. The predicted octanol–water partition coefficient (Wildman–Crippen LogP) is 0.998. The van der Waals surface area contributed by atoms with Crippen LogP contribution in [0.25, 0.3) is 0 Å². The van der Waals surface area contributed by atoms with E-state index in [-0.39, 0.29) is 17.5 Å². The van der Waals surface area contributed by atoms with Gasteiger partial charge in [0.15, 0.2) is 6.10 Å². The third kappa shape index (κ3) is 4.17. The third-order valence-corrected chi connectivity index (χ3v) is 4.38. The molecule has 0 aromatic heterocycles. The number of amides is 1. The van der Waals surface area contributed by atoms with Gasteiger partial charge in [-0.2, -0.15) is 0 Å². The van der Waals surface area contributed by atoms with Crippen LogP contribution < -0.4 is 5.32 Å². The molecule has 0 aliphatic carbocycles. The molecule has 120 valence electrons. The van der Waals surface area contributed by atoms with E-state index in [0.29, 0.717) is 12.8 Å². The summed E-state index contributed by atoms with van der Waals surface area (Å²) >= 11 is 0. The van der Waals surface area contributed by atoms with Crippen molar-refractivity contribution >= 4 is 11.9 Å². The number of rotatable bonds is 3. The molecular formula is C15H26N2O4. The van der Waals surface area contributed by atoms with E-state index in [1.54, 1.807) is 0 Å². The Kier molecular flexibility index (Phi) is 4.88. The summed E-state index contributed by atoms with van der Waals surface area (Å²) in [5.41, 5.74) is 0.165. The molecule has 6 heteroatoms. The van der Waals surface area contributed by atoms with E-state index in [9.17, 15) is 9.59 Å². The smallest absolute Gasteiger partial charge is 0.332 e. The molecule has 1 amide bonds. The monoisotopic (exact) mass is 298 g/mol. The summed E-state index contributed by atoms with van der Waals surface area (Å²) < 4.78 is 5.28. The summed E-state index contributed by atoms with van der Waals surface area (Å²) in [4.78, 5) is 25.4. The number of carbonyl (C=O) groups is 2. The molecule has 2 aliphatic rings. The van der Waals surface area contributed by atoms with Crippen LogP contribution in [-0.4, -0.2) is 58.8 Å². The van der Waals surface area contributed by atoms with E-state index < -0.39 is 18.2 Å². The van der Waals surface area contributed by atoms with Crippen molar-refractivity contribution in [2.45, 2.75) is 70.2 Å². The normalized spacial score (nSPS) is 28.5. The lowest BCUT2D eigenvalue weighted by Gasteiger charge is -2.41. The first-order valence-electron chi connectivity index (χ1n) is 7.71. The summed E-state index contributed by atoms with van der Waals surface area (Å²) in [5.74, 6) is -1.14. The van der Waals surface area contributed by atoms with Gasteiger partial charge < -0.3 is 15.2 Å². The minimum Gasteiger partial charge on any atom is -0.479 e. The standard InChI is InChI=1S/C15H26N2O4/c1-15(2,3)17-8-6-10(7-9-17)16-13(18)11-4-5-12(21-11)14(19)20/h10-12H,4-9H2,1-3H3,(H,16,18)(H,19,20)/t11-,12+/m0/s1. The summed E-state index contributed by atoms with van der Waals surface area (Å²) in [6.07, 6.45) is 1.32. The summed E-state index contributed by atoms with van der Waals surface area (Å²) in [6, 6.07) is 0.170. The molecule has 0 spiro atoms. The van der Waals surface area contributed by atoms with Gasteiger partial charge in [-0.05, 0) is 46.5 Å². The number of carboxylic acids is 1. The van der Waals surface area contributed by atoms with Crippen LogP contribution in [0.15, 0.2) is 0 Å². The van der Waals surface area contributed by atoms with Crippen LogP contribution in [0, 0.1) is 0 Å². The van der Waals surface area contributed by atoms with Gasteiger partial charge in [0.05, 0.1) is 0 Å². The van der Waals surface area contributed by atoms with Crippen molar-refractivity contribution in [3.8, 4) is 0 Å². The second-order valence-corrected chi connectivity index (χ2v) is 6.97. The topological polar surface area (TPSA) is 78.9 Å². The zero-order valence-corrected chi connectivity index (χ0v) is 13.1. The average Bonchev–Trinajstić information content (AvgIpc) is 2.88. The van der Waals surface area contributed by atoms with Crippen LogP contribution >= 0.6 is 0 Å². The van der Waals surface area contributed by atoms with Crippen LogP contribution in [0.4, 0.5) is 0 Å². The van der Waals surface area contributed by atoms with Gasteiger partial charge in [0.25, 0.3) is 0 Å². The minimum atomic E-state index is -0.983. The lowest BCUT2D eigenvalue weighted by Crippen LogP contribution is -2.52. The molecule has 2 rings (SSSR count). The first kappa shape index (κ1) is 16.2. The maximum Gasteiger partial charge on any atom is 0.332 e. The van der Waals surface area contributed by atoms with Crippen molar-refractivity contribution in [1.29, 1.82) is 0 Å². The number of likely N-dealkylation sites (tertiary alicyclic amines) is 1. The highest BCUT2D eigenvalue weighted by atomic mass is 16.5. The highest BCUT2D eigenvalue weighted by molar-refractivity contribution is 5.82. The molecule has 21 heavy (non-hydrogen) atoms. The van der Waals surface area contributed by atoms with Crippen molar-refractivity contribution in [3.63, 3.8) is 0 Å². The Morgan fingerprint density at radius 1 is 1.10 bits per heavy atom.